The van der Waals surface area contributed by atoms with E-state index in [9.17, 15) is 26.3 Å². The van der Waals surface area contributed by atoms with Gasteiger partial charge in [-0.25, -0.2) is 71.8 Å². The maximum Gasteiger partial charge on any atom is 0.420 e. The van der Waals surface area contributed by atoms with Gasteiger partial charge in [-0.2, -0.15) is 26.3 Å². The molecule has 0 aliphatic heterocycles. The Labute approximate surface area is 375 Å². The van der Waals surface area contributed by atoms with Crippen LogP contribution in [-0.2, 0) is 12.4 Å². The molecule has 7 rings (SSSR count). The van der Waals surface area contributed by atoms with Gasteiger partial charge in [0.05, 0.1) is 16.9 Å². The van der Waals surface area contributed by atoms with Crippen molar-refractivity contribution in [3.05, 3.63) is 200 Å². The molecule has 0 heterocycles. The van der Waals surface area contributed by atoms with Crippen molar-refractivity contribution in [1.82, 2.24) is 0 Å². The molecule has 23 heteroatoms. The Kier molecular flexibility index (Phi) is 13.4. The third kappa shape index (κ3) is 8.24. The smallest absolute Gasteiger partial charge is 0.227 e. The minimum absolute atomic E-state index is 0.0958. The van der Waals surface area contributed by atoms with Crippen LogP contribution in [0.4, 0.5) is 92.2 Å². The Bertz CT molecular complexity index is 2790. The molecule has 1 saturated carbocycles. The summed E-state index contributed by atoms with van der Waals surface area (Å²) >= 11 is 0. The van der Waals surface area contributed by atoms with Crippen LogP contribution in [0.3, 0.4) is 0 Å². The lowest BCUT2D eigenvalue weighted by Gasteiger charge is -2.43. The first-order valence-electron chi connectivity index (χ1n) is 19.7. The Hall–Kier alpha value is -6.18. The fourth-order valence-electron chi connectivity index (χ4n) is 8.78. The second kappa shape index (κ2) is 18.3. The van der Waals surface area contributed by atoms with Crippen LogP contribution >= 0.6 is 7.26 Å². The third-order valence-electron chi connectivity index (χ3n) is 11.8. The molecule has 0 radical (unpaired) electrons. The molecular weight excluding hydrogens is 993 g/mol. The highest BCUT2D eigenvalue weighted by Gasteiger charge is 2.53. The maximum absolute atomic E-state index is 16.5. The van der Waals surface area contributed by atoms with E-state index in [1.165, 1.54) is 36.4 Å². The zero-order valence-corrected chi connectivity index (χ0v) is 34.8. The van der Waals surface area contributed by atoms with Gasteiger partial charge in [0.2, 0.25) is 0 Å². The third-order valence-corrected chi connectivity index (χ3v) is 15.8. The summed E-state index contributed by atoms with van der Waals surface area (Å²) in [5.74, 6) is -47.9. The first-order chi connectivity index (χ1) is 32.2. The number of hydrogen-bond donors (Lipinski definition) is 0. The first kappa shape index (κ1) is 50.7. The summed E-state index contributed by atoms with van der Waals surface area (Å²) in [5, 5.41) is -1.58. The standard InChI is InChI=1S/C46H23BF21P/c48-30-27(31(49)37(55)42(60)36(30)54)47(28-32(50)38(56)43(61)39(57)33(28)51,29-34(52)40(58)44(62)41(59)35(29)53)18-20-9-7-8-10-21(20)19-69(23-11-3-1-4-12-23,24-13-5-2-6-14-24)26-17-22(45(63,64)65)15-16-25(26)46(66,67)68/h1-6,11-19H,7-10H2/b20-18+,21-19+. The molecule has 0 aromatic heterocycles. The van der Waals surface area contributed by atoms with Crippen LogP contribution < -0.4 is 32.3 Å². The fourth-order valence-corrected chi connectivity index (χ4v) is 13.0. The van der Waals surface area contributed by atoms with E-state index in [-0.39, 0.29) is 47.6 Å². The highest BCUT2D eigenvalue weighted by atomic mass is 31.2. The van der Waals surface area contributed by atoms with Gasteiger partial charge in [-0.1, -0.05) is 42.0 Å². The van der Waals surface area contributed by atoms with Crippen LogP contribution in [0, 0.1) is 87.3 Å². The van der Waals surface area contributed by atoms with Crippen LogP contribution in [0.1, 0.15) is 36.8 Å². The lowest BCUT2D eigenvalue weighted by atomic mass is 9.14. The normalized spacial score (nSPS) is 15.1. The van der Waals surface area contributed by atoms with Crippen molar-refractivity contribution in [1.29, 1.82) is 0 Å². The monoisotopic (exact) mass is 1020 g/mol. The molecule has 0 N–H and O–H groups in total. The van der Waals surface area contributed by atoms with E-state index in [4.69, 9.17) is 0 Å². The predicted octanol–water partition coefficient (Wildman–Crippen LogP) is 12.2. The van der Waals surface area contributed by atoms with Gasteiger partial charge in [-0.15, -0.1) is 16.4 Å². The van der Waals surface area contributed by atoms with Crippen molar-refractivity contribution in [2.75, 3.05) is 0 Å². The van der Waals surface area contributed by atoms with Gasteiger partial charge in [-0.05, 0) is 73.7 Å². The molecule has 69 heavy (non-hydrogen) atoms. The molecule has 0 nitrogen and oxygen atoms in total. The van der Waals surface area contributed by atoms with Crippen molar-refractivity contribution in [2.45, 2.75) is 38.0 Å². The van der Waals surface area contributed by atoms with E-state index in [0.717, 1.165) is 30.1 Å². The highest BCUT2D eigenvalue weighted by Crippen LogP contribution is 2.61. The molecule has 0 spiro atoms. The molecule has 0 amide bonds. The SMILES string of the molecule is Fc1c(F)c(F)c([B-](/C=C2\CCCC\C2=C/[P+](c2ccccc2)(c2ccccc2)c2cc(C(F)(F)F)ccc2C(F)(F)F)(c2c(F)c(F)c(F)c(F)c2F)c2c(F)c(F)c(F)c(F)c2F)c(F)c1F. The average Bonchev–Trinajstić information content (AvgIpc) is 3.32. The Morgan fingerprint density at radius 3 is 1.06 bits per heavy atom. The maximum atomic E-state index is 16.5. The highest BCUT2D eigenvalue weighted by molar-refractivity contribution is 7.98. The summed E-state index contributed by atoms with van der Waals surface area (Å²) in [6.45, 7) is 0. The fraction of sp³-hybridized carbons (Fsp3) is 0.130. The van der Waals surface area contributed by atoms with E-state index < -0.39 is 170 Å². The molecule has 6 aromatic carbocycles. The molecule has 362 valence electrons. The largest absolute Gasteiger partial charge is 0.420 e. The van der Waals surface area contributed by atoms with Crippen LogP contribution in [0.2, 0.25) is 0 Å². The molecule has 0 atom stereocenters. The van der Waals surface area contributed by atoms with Crippen molar-refractivity contribution in [3.63, 3.8) is 0 Å². The molecule has 0 saturated heterocycles. The van der Waals surface area contributed by atoms with Crippen molar-refractivity contribution in [2.24, 2.45) is 0 Å². The second-order valence-corrected chi connectivity index (χ2v) is 18.8. The molecule has 0 unspecified atom stereocenters. The summed E-state index contributed by atoms with van der Waals surface area (Å²) < 4.78 is 324. The van der Waals surface area contributed by atoms with Gasteiger partial charge < -0.3 is 0 Å². The molecular formula is C46H23BF21P. The minimum Gasteiger partial charge on any atom is -0.227 e. The van der Waals surface area contributed by atoms with Crippen LogP contribution in [-0.4, -0.2) is 6.15 Å². The first-order valence-corrected chi connectivity index (χ1v) is 21.5. The summed E-state index contributed by atoms with van der Waals surface area (Å²) in [4.78, 5) is 0. The van der Waals surface area contributed by atoms with Crippen molar-refractivity contribution < 1.29 is 92.2 Å². The summed E-state index contributed by atoms with van der Waals surface area (Å²) in [6.07, 6.45) is -19.1. The molecule has 0 bridgehead atoms. The molecule has 1 aliphatic carbocycles. The zero-order valence-electron chi connectivity index (χ0n) is 34.0. The number of hydrogen-bond acceptors (Lipinski definition) is 0. The predicted molar refractivity (Wildman–Crippen MR) is 213 cm³/mol. The summed E-state index contributed by atoms with van der Waals surface area (Å²) in [7, 11) is -4.66. The zero-order chi connectivity index (χ0) is 50.9. The van der Waals surface area contributed by atoms with Gasteiger partial charge in [0.1, 0.15) is 64.2 Å². The Morgan fingerprint density at radius 1 is 0.391 bits per heavy atom. The average molecular weight is 1020 g/mol. The summed E-state index contributed by atoms with van der Waals surface area (Å²) in [5.41, 5.74) is -13.8. The number of halogens is 21. The topological polar surface area (TPSA) is 0 Å². The Balaban J connectivity index is 1.81. The second-order valence-electron chi connectivity index (χ2n) is 15.6. The van der Waals surface area contributed by atoms with E-state index in [1.807, 2.05) is 0 Å². The molecule has 6 aromatic rings. The number of alkyl halides is 6. The lowest BCUT2D eigenvalue weighted by molar-refractivity contribution is -0.140. The van der Waals surface area contributed by atoms with Gasteiger partial charge in [0.15, 0.2) is 52.4 Å². The van der Waals surface area contributed by atoms with Gasteiger partial charge >= 0.3 is 12.4 Å². The van der Waals surface area contributed by atoms with Gasteiger partial charge in [0.25, 0.3) is 0 Å². The van der Waals surface area contributed by atoms with Crippen molar-refractivity contribution >= 4 is 45.7 Å². The number of allylic oxidation sites excluding steroid dienone is 2. The Morgan fingerprint density at radius 2 is 0.725 bits per heavy atom. The molecule has 1 aliphatic rings. The van der Waals surface area contributed by atoms with E-state index in [2.05, 4.69) is 0 Å². The summed E-state index contributed by atoms with van der Waals surface area (Å²) in [6, 6.07) is 12.5. The van der Waals surface area contributed by atoms with Crippen LogP contribution in [0.5, 0.6) is 0 Å². The van der Waals surface area contributed by atoms with Gasteiger partial charge in [-0.3, -0.25) is 0 Å². The van der Waals surface area contributed by atoms with Crippen molar-refractivity contribution in [3.8, 4) is 0 Å². The van der Waals surface area contributed by atoms with E-state index in [1.54, 1.807) is 0 Å². The minimum atomic E-state index is -6.27. The number of benzene rings is 6. The van der Waals surface area contributed by atoms with Crippen LogP contribution in [0.25, 0.3) is 0 Å². The molecule has 1 fully saturated rings. The quantitative estimate of drug-likeness (QED) is 0.0469. The number of rotatable bonds is 8. The lowest BCUT2D eigenvalue weighted by Crippen LogP contribution is -2.72. The van der Waals surface area contributed by atoms with E-state index in [0.29, 0.717) is 0 Å². The van der Waals surface area contributed by atoms with E-state index >= 15 is 65.9 Å². The van der Waals surface area contributed by atoms with Gasteiger partial charge in [0, 0.05) is 0 Å². The van der Waals surface area contributed by atoms with Crippen LogP contribution in [0.15, 0.2) is 102 Å².